The standard InChI is InChI=1S/C19H24N4O2/c24-18(11-6-13-20-19(25)15-7-2-1-3-8-15)22-17-12-14-21-23(17)16-9-4-5-10-16/h1-3,7-8,12,14,16H,4-6,9-11,13H2,(H,20,25)(H,22,24). The fourth-order valence-corrected chi connectivity index (χ4v) is 3.20. The lowest BCUT2D eigenvalue weighted by atomic mass is 10.2. The summed E-state index contributed by atoms with van der Waals surface area (Å²) in [7, 11) is 0. The minimum atomic E-state index is -0.111. The first-order chi connectivity index (χ1) is 12.2. The van der Waals surface area contributed by atoms with E-state index in [0.717, 1.165) is 18.7 Å². The van der Waals surface area contributed by atoms with E-state index in [1.54, 1.807) is 18.3 Å². The van der Waals surface area contributed by atoms with Crippen LogP contribution in [0.15, 0.2) is 42.6 Å². The van der Waals surface area contributed by atoms with Crippen LogP contribution in [0.4, 0.5) is 5.82 Å². The minimum Gasteiger partial charge on any atom is -0.352 e. The molecule has 3 rings (SSSR count). The van der Waals surface area contributed by atoms with E-state index in [0.29, 0.717) is 31.0 Å². The maximum Gasteiger partial charge on any atom is 0.251 e. The molecule has 0 radical (unpaired) electrons. The predicted octanol–water partition coefficient (Wildman–Crippen LogP) is 3.15. The zero-order valence-corrected chi connectivity index (χ0v) is 14.3. The second-order valence-corrected chi connectivity index (χ2v) is 6.37. The van der Waals surface area contributed by atoms with Crippen molar-refractivity contribution < 1.29 is 9.59 Å². The van der Waals surface area contributed by atoms with Crippen LogP contribution in [0.5, 0.6) is 0 Å². The Morgan fingerprint density at radius 1 is 1.12 bits per heavy atom. The lowest BCUT2D eigenvalue weighted by Crippen LogP contribution is -2.25. The lowest BCUT2D eigenvalue weighted by Gasteiger charge is -2.14. The topological polar surface area (TPSA) is 76.0 Å². The number of aromatic nitrogens is 2. The molecule has 0 saturated heterocycles. The van der Waals surface area contributed by atoms with Crippen LogP contribution in [0, 0.1) is 0 Å². The van der Waals surface area contributed by atoms with Gasteiger partial charge in [-0.05, 0) is 31.4 Å². The van der Waals surface area contributed by atoms with Gasteiger partial charge in [-0.3, -0.25) is 9.59 Å². The van der Waals surface area contributed by atoms with Crippen molar-refractivity contribution in [3.8, 4) is 0 Å². The Labute approximate surface area is 147 Å². The maximum absolute atomic E-state index is 12.1. The van der Waals surface area contributed by atoms with E-state index < -0.39 is 0 Å². The van der Waals surface area contributed by atoms with E-state index in [4.69, 9.17) is 0 Å². The summed E-state index contributed by atoms with van der Waals surface area (Å²) in [6.07, 6.45) is 7.38. The molecule has 0 bridgehead atoms. The molecule has 2 amide bonds. The summed E-state index contributed by atoms with van der Waals surface area (Å²) >= 11 is 0. The second-order valence-electron chi connectivity index (χ2n) is 6.37. The van der Waals surface area contributed by atoms with Crippen molar-refractivity contribution in [2.75, 3.05) is 11.9 Å². The van der Waals surface area contributed by atoms with E-state index in [1.165, 1.54) is 12.8 Å². The first-order valence-electron chi connectivity index (χ1n) is 8.90. The molecule has 6 nitrogen and oxygen atoms in total. The zero-order chi connectivity index (χ0) is 17.5. The van der Waals surface area contributed by atoms with Gasteiger partial charge in [0.25, 0.3) is 5.91 Å². The number of amides is 2. The molecular formula is C19H24N4O2. The van der Waals surface area contributed by atoms with Gasteiger partial charge in [0.2, 0.25) is 5.91 Å². The molecule has 2 aromatic rings. The van der Waals surface area contributed by atoms with Gasteiger partial charge in [0.15, 0.2) is 0 Å². The lowest BCUT2D eigenvalue weighted by molar-refractivity contribution is -0.116. The number of anilines is 1. The van der Waals surface area contributed by atoms with Gasteiger partial charge in [-0.15, -0.1) is 0 Å². The van der Waals surface area contributed by atoms with Crippen LogP contribution in [0.2, 0.25) is 0 Å². The summed E-state index contributed by atoms with van der Waals surface area (Å²) in [6, 6.07) is 11.3. The van der Waals surface area contributed by atoms with Gasteiger partial charge in [-0.2, -0.15) is 5.10 Å². The van der Waals surface area contributed by atoms with Crippen molar-refractivity contribution in [1.82, 2.24) is 15.1 Å². The molecule has 0 spiro atoms. The highest BCUT2D eigenvalue weighted by atomic mass is 16.2. The Morgan fingerprint density at radius 3 is 2.64 bits per heavy atom. The van der Waals surface area contributed by atoms with Gasteiger partial charge in [0, 0.05) is 24.6 Å². The van der Waals surface area contributed by atoms with Crippen molar-refractivity contribution in [2.24, 2.45) is 0 Å². The molecule has 1 aromatic carbocycles. The van der Waals surface area contributed by atoms with Crippen LogP contribution in [-0.2, 0) is 4.79 Å². The van der Waals surface area contributed by atoms with Gasteiger partial charge >= 0.3 is 0 Å². The summed E-state index contributed by atoms with van der Waals surface area (Å²) in [5, 5.41) is 10.1. The van der Waals surface area contributed by atoms with Crippen molar-refractivity contribution in [3.63, 3.8) is 0 Å². The Balaban J connectivity index is 1.40. The highest BCUT2D eigenvalue weighted by molar-refractivity contribution is 5.94. The molecular weight excluding hydrogens is 316 g/mol. The largest absolute Gasteiger partial charge is 0.352 e. The Hall–Kier alpha value is -2.63. The van der Waals surface area contributed by atoms with E-state index >= 15 is 0 Å². The number of nitrogens with one attached hydrogen (secondary N) is 2. The van der Waals surface area contributed by atoms with E-state index in [-0.39, 0.29) is 11.8 Å². The number of benzene rings is 1. The van der Waals surface area contributed by atoms with Gasteiger partial charge < -0.3 is 10.6 Å². The SMILES string of the molecule is O=C(CCCNC(=O)c1ccccc1)Nc1ccnn1C1CCCC1. The minimum absolute atomic E-state index is 0.0475. The predicted molar refractivity (Wildman–Crippen MR) is 96.4 cm³/mol. The second kappa shape index (κ2) is 8.46. The molecule has 1 aromatic heterocycles. The van der Waals surface area contributed by atoms with Gasteiger partial charge in [0.05, 0.1) is 12.2 Å². The third kappa shape index (κ3) is 4.68. The molecule has 1 aliphatic rings. The normalized spacial score (nSPS) is 14.4. The molecule has 0 atom stereocenters. The molecule has 1 aliphatic carbocycles. The highest BCUT2D eigenvalue weighted by Gasteiger charge is 2.20. The third-order valence-corrected chi connectivity index (χ3v) is 4.51. The van der Waals surface area contributed by atoms with Crippen LogP contribution in [0.25, 0.3) is 0 Å². The quantitative estimate of drug-likeness (QED) is 0.760. The molecule has 0 unspecified atom stereocenters. The Kier molecular flexibility index (Phi) is 5.82. The molecule has 1 heterocycles. The molecule has 1 saturated carbocycles. The Bertz CT molecular complexity index is 705. The van der Waals surface area contributed by atoms with Crippen molar-refractivity contribution in [3.05, 3.63) is 48.2 Å². The average Bonchev–Trinajstić information content (AvgIpc) is 3.30. The van der Waals surface area contributed by atoms with Crippen molar-refractivity contribution in [2.45, 2.75) is 44.6 Å². The van der Waals surface area contributed by atoms with Gasteiger partial charge in [0.1, 0.15) is 5.82 Å². The molecule has 0 aliphatic heterocycles. The molecule has 6 heteroatoms. The highest BCUT2D eigenvalue weighted by Crippen LogP contribution is 2.31. The fourth-order valence-electron chi connectivity index (χ4n) is 3.20. The number of nitrogens with zero attached hydrogens (tertiary/aromatic N) is 2. The van der Waals surface area contributed by atoms with Crippen LogP contribution in [0.3, 0.4) is 0 Å². The van der Waals surface area contributed by atoms with Crippen LogP contribution in [0.1, 0.15) is 54.9 Å². The Morgan fingerprint density at radius 2 is 1.88 bits per heavy atom. The van der Waals surface area contributed by atoms with E-state index in [9.17, 15) is 9.59 Å². The summed E-state index contributed by atoms with van der Waals surface area (Å²) in [4.78, 5) is 24.0. The first-order valence-corrected chi connectivity index (χ1v) is 8.90. The zero-order valence-electron chi connectivity index (χ0n) is 14.3. The number of rotatable bonds is 7. The number of carbonyl (C=O) groups excluding carboxylic acids is 2. The van der Waals surface area contributed by atoms with Crippen molar-refractivity contribution >= 4 is 17.6 Å². The van der Waals surface area contributed by atoms with Gasteiger partial charge in [-0.1, -0.05) is 31.0 Å². The number of carbonyl (C=O) groups is 2. The van der Waals surface area contributed by atoms with Gasteiger partial charge in [-0.25, -0.2) is 4.68 Å². The average molecular weight is 340 g/mol. The molecule has 2 N–H and O–H groups in total. The molecule has 1 fully saturated rings. The van der Waals surface area contributed by atoms with E-state index in [1.807, 2.05) is 28.9 Å². The summed E-state index contributed by atoms with van der Waals surface area (Å²) in [6.45, 7) is 0.475. The van der Waals surface area contributed by atoms with E-state index in [2.05, 4.69) is 15.7 Å². The smallest absolute Gasteiger partial charge is 0.251 e. The van der Waals surface area contributed by atoms with Crippen LogP contribution < -0.4 is 10.6 Å². The van der Waals surface area contributed by atoms with Crippen molar-refractivity contribution in [1.29, 1.82) is 0 Å². The summed E-state index contributed by atoms with van der Waals surface area (Å²) in [5.74, 6) is 0.610. The summed E-state index contributed by atoms with van der Waals surface area (Å²) in [5.41, 5.74) is 0.632. The number of hydrogen-bond donors (Lipinski definition) is 2. The monoisotopic (exact) mass is 340 g/mol. The fraction of sp³-hybridized carbons (Fsp3) is 0.421. The molecule has 132 valence electrons. The summed E-state index contributed by atoms with van der Waals surface area (Å²) < 4.78 is 1.93. The number of hydrogen-bond acceptors (Lipinski definition) is 3. The third-order valence-electron chi connectivity index (χ3n) is 4.51. The maximum atomic E-state index is 12.1. The first kappa shape index (κ1) is 17.2. The molecule has 25 heavy (non-hydrogen) atoms. The van der Waals surface area contributed by atoms with Crippen LogP contribution >= 0.6 is 0 Å². The van der Waals surface area contributed by atoms with Crippen LogP contribution in [-0.4, -0.2) is 28.1 Å².